The van der Waals surface area contributed by atoms with Crippen molar-refractivity contribution in [2.75, 3.05) is 13.7 Å². The number of aromatic nitrogens is 1. The third-order valence-electron chi connectivity index (χ3n) is 3.08. The average Bonchev–Trinajstić information content (AvgIpc) is 2.37. The largest absolute Gasteiger partial charge is 0.494 e. The molecular formula is C14H17NO2. The van der Waals surface area contributed by atoms with Crippen molar-refractivity contribution in [1.29, 1.82) is 0 Å². The molecule has 1 heterocycles. The number of ether oxygens (including phenoxy) is 1. The van der Waals surface area contributed by atoms with E-state index in [0.29, 0.717) is 0 Å². The molecule has 3 heteroatoms. The maximum absolute atomic E-state index is 9.48. The molecule has 0 saturated carbocycles. The monoisotopic (exact) mass is 231 g/mol. The summed E-state index contributed by atoms with van der Waals surface area (Å²) in [6, 6.07) is 7.82. The molecule has 3 nitrogen and oxygen atoms in total. The summed E-state index contributed by atoms with van der Waals surface area (Å²) in [5.41, 5.74) is 1.64. The number of hydrogen-bond acceptors (Lipinski definition) is 3. The topological polar surface area (TPSA) is 42.4 Å². The van der Waals surface area contributed by atoms with E-state index >= 15 is 0 Å². The number of aliphatic hydroxyl groups is 1. The summed E-state index contributed by atoms with van der Waals surface area (Å²) >= 11 is 0. The van der Waals surface area contributed by atoms with Crippen molar-refractivity contribution in [3.05, 3.63) is 36.0 Å². The highest BCUT2D eigenvalue weighted by Crippen LogP contribution is 2.33. The molecule has 0 fully saturated rings. The smallest absolute Gasteiger partial charge is 0.145 e. The van der Waals surface area contributed by atoms with Crippen LogP contribution in [-0.4, -0.2) is 23.8 Å². The van der Waals surface area contributed by atoms with Crippen molar-refractivity contribution in [2.45, 2.75) is 19.3 Å². The fourth-order valence-corrected chi connectivity index (χ4v) is 1.99. The van der Waals surface area contributed by atoms with Gasteiger partial charge in [0.2, 0.25) is 0 Å². The lowest BCUT2D eigenvalue weighted by Gasteiger charge is -2.24. The fraction of sp³-hybridized carbons (Fsp3) is 0.357. The van der Waals surface area contributed by atoms with Crippen LogP contribution in [0.3, 0.4) is 0 Å². The molecule has 0 bridgehead atoms. The number of nitrogens with zero attached hydrogens (tertiary/aromatic N) is 1. The second kappa shape index (κ2) is 4.34. The Morgan fingerprint density at radius 1 is 1.29 bits per heavy atom. The maximum atomic E-state index is 9.48. The number of pyridine rings is 1. The van der Waals surface area contributed by atoms with Gasteiger partial charge < -0.3 is 9.84 Å². The Kier molecular flexibility index (Phi) is 3.03. The summed E-state index contributed by atoms with van der Waals surface area (Å²) < 4.78 is 5.30. The zero-order chi connectivity index (χ0) is 12.5. The Bertz CT molecular complexity index is 535. The molecule has 0 unspecified atom stereocenters. The van der Waals surface area contributed by atoms with E-state index in [1.807, 2.05) is 38.1 Å². The molecule has 0 saturated heterocycles. The Morgan fingerprint density at radius 3 is 2.71 bits per heavy atom. The Labute approximate surface area is 101 Å². The van der Waals surface area contributed by atoms with Gasteiger partial charge in [0, 0.05) is 17.0 Å². The van der Waals surface area contributed by atoms with Crippen LogP contribution >= 0.6 is 0 Å². The predicted molar refractivity (Wildman–Crippen MR) is 68.4 cm³/mol. The van der Waals surface area contributed by atoms with Crippen molar-refractivity contribution in [2.24, 2.45) is 0 Å². The summed E-state index contributed by atoms with van der Waals surface area (Å²) in [6.45, 7) is 4.13. The van der Waals surface area contributed by atoms with E-state index < -0.39 is 0 Å². The van der Waals surface area contributed by atoms with E-state index in [2.05, 4.69) is 4.98 Å². The molecule has 0 aliphatic carbocycles. The van der Waals surface area contributed by atoms with E-state index in [0.717, 1.165) is 22.2 Å². The average molecular weight is 231 g/mol. The standard InChI is InChI=1S/C14H17NO2/c1-14(2,9-16)11-6-7-12(17-3)13-10(11)5-4-8-15-13/h4-8,16H,9H2,1-3H3. The molecule has 1 aromatic heterocycles. The lowest BCUT2D eigenvalue weighted by Crippen LogP contribution is -2.22. The van der Waals surface area contributed by atoms with Gasteiger partial charge in [0.15, 0.2) is 0 Å². The number of benzene rings is 1. The van der Waals surface area contributed by atoms with Crippen LogP contribution in [0, 0.1) is 0 Å². The molecule has 1 N–H and O–H groups in total. The number of fused-ring (bicyclic) bond motifs is 1. The van der Waals surface area contributed by atoms with Crippen LogP contribution in [-0.2, 0) is 5.41 Å². The first kappa shape index (κ1) is 11.9. The molecule has 0 atom stereocenters. The van der Waals surface area contributed by atoms with E-state index in [9.17, 15) is 5.11 Å². The molecular weight excluding hydrogens is 214 g/mol. The van der Waals surface area contributed by atoms with E-state index in [-0.39, 0.29) is 12.0 Å². The highest BCUT2D eigenvalue weighted by Gasteiger charge is 2.22. The molecule has 2 aromatic rings. The summed E-state index contributed by atoms with van der Waals surface area (Å²) in [5.74, 6) is 0.762. The normalized spacial score (nSPS) is 11.8. The molecule has 0 radical (unpaired) electrons. The van der Waals surface area contributed by atoms with Crippen molar-refractivity contribution < 1.29 is 9.84 Å². The van der Waals surface area contributed by atoms with Gasteiger partial charge in [-0.25, -0.2) is 0 Å². The first-order valence-corrected chi connectivity index (χ1v) is 5.63. The van der Waals surface area contributed by atoms with Crippen LogP contribution in [0.1, 0.15) is 19.4 Å². The van der Waals surface area contributed by atoms with Gasteiger partial charge in [-0.3, -0.25) is 4.98 Å². The first-order chi connectivity index (χ1) is 8.10. The quantitative estimate of drug-likeness (QED) is 0.882. The fourth-order valence-electron chi connectivity index (χ4n) is 1.99. The summed E-state index contributed by atoms with van der Waals surface area (Å²) in [7, 11) is 1.64. The van der Waals surface area contributed by atoms with Crippen LogP contribution in [0.4, 0.5) is 0 Å². The molecule has 1 aromatic carbocycles. The lowest BCUT2D eigenvalue weighted by atomic mass is 9.83. The van der Waals surface area contributed by atoms with Gasteiger partial charge in [-0.2, -0.15) is 0 Å². The van der Waals surface area contributed by atoms with E-state index in [1.165, 1.54) is 0 Å². The minimum Gasteiger partial charge on any atom is -0.494 e. The minimum atomic E-state index is -0.284. The second-order valence-electron chi connectivity index (χ2n) is 4.76. The van der Waals surface area contributed by atoms with Gasteiger partial charge >= 0.3 is 0 Å². The van der Waals surface area contributed by atoms with E-state index in [1.54, 1.807) is 13.3 Å². The number of aliphatic hydroxyl groups excluding tert-OH is 1. The van der Waals surface area contributed by atoms with Crippen LogP contribution < -0.4 is 4.74 Å². The van der Waals surface area contributed by atoms with Crippen molar-refractivity contribution >= 4 is 10.9 Å². The molecule has 2 rings (SSSR count). The van der Waals surface area contributed by atoms with Crippen LogP contribution in [0.2, 0.25) is 0 Å². The predicted octanol–water partition coefficient (Wildman–Crippen LogP) is 2.51. The third kappa shape index (κ3) is 1.98. The van der Waals surface area contributed by atoms with Gasteiger partial charge in [0.1, 0.15) is 11.3 Å². The molecule has 0 spiro atoms. The summed E-state index contributed by atoms with van der Waals surface area (Å²) in [6.07, 6.45) is 1.75. The molecule has 0 aliphatic rings. The van der Waals surface area contributed by atoms with Crippen LogP contribution in [0.15, 0.2) is 30.5 Å². The highest BCUT2D eigenvalue weighted by atomic mass is 16.5. The number of methoxy groups -OCH3 is 1. The van der Waals surface area contributed by atoms with Crippen molar-refractivity contribution in [1.82, 2.24) is 4.98 Å². The maximum Gasteiger partial charge on any atom is 0.145 e. The lowest BCUT2D eigenvalue weighted by molar-refractivity contribution is 0.219. The molecule has 0 aliphatic heterocycles. The SMILES string of the molecule is COc1ccc(C(C)(C)CO)c2cccnc12. The summed E-state index contributed by atoms with van der Waals surface area (Å²) in [4.78, 5) is 4.35. The Morgan fingerprint density at radius 2 is 2.06 bits per heavy atom. The Hall–Kier alpha value is -1.61. The first-order valence-electron chi connectivity index (χ1n) is 5.63. The van der Waals surface area contributed by atoms with Gasteiger partial charge in [0.05, 0.1) is 13.7 Å². The van der Waals surface area contributed by atoms with E-state index in [4.69, 9.17) is 4.74 Å². The molecule has 0 amide bonds. The number of hydrogen-bond donors (Lipinski definition) is 1. The van der Waals surface area contributed by atoms with Crippen molar-refractivity contribution in [3.63, 3.8) is 0 Å². The van der Waals surface area contributed by atoms with Crippen LogP contribution in [0.5, 0.6) is 5.75 Å². The molecule has 17 heavy (non-hydrogen) atoms. The van der Waals surface area contributed by atoms with Gasteiger partial charge in [-0.05, 0) is 17.7 Å². The number of rotatable bonds is 3. The zero-order valence-electron chi connectivity index (χ0n) is 10.4. The second-order valence-corrected chi connectivity index (χ2v) is 4.76. The third-order valence-corrected chi connectivity index (χ3v) is 3.08. The van der Waals surface area contributed by atoms with Crippen molar-refractivity contribution in [3.8, 4) is 5.75 Å². The van der Waals surface area contributed by atoms with Crippen LogP contribution in [0.25, 0.3) is 10.9 Å². The summed E-state index contributed by atoms with van der Waals surface area (Å²) in [5, 5.41) is 10.5. The Balaban J connectivity index is 2.75. The van der Waals surface area contributed by atoms with Gasteiger partial charge in [-0.15, -0.1) is 0 Å². The van der Waals surface area contributed by atoms with Gasteiger partial charge in [-0.1, -0.05) is 26.0 Å². The highest BCUT2D eigenvalue weighted by molar-refractivity contribution is 5.88. The zero-order valence-corrected chi connectivity index (χ0v) is 10.4. The van der Waals surface area contributed by atoms with Gasteiger partial charge in [0.25, 0.3) is 0 Å². The minimum absolute atomic E-state index is 0.101. The molecule has 90 valence electrons.